The summed E-state index contributed by atoms with van der Waals surface area (Å²) >= 11 is 6.84. The SMILES string of the molecule is Cc1nc2ccc(C(O)(c3ccc(C(F)(F)F)nc3)c3cncn3C)cc2c(Cl)c1Cc1ccc(C(F)(F)F)cc1. The Hall–Kier alpha value is -3.96. The molecule has 0 amide bonds. The number of aliphatic hydroxyl groups is 1. The van der Waals surface area contributed by atoms with Crippen LogP contribution in [0, 0.1) is 6.92 Å². The average molecular weight is 591 g/mol. The van der Waals surface area contributed by atoms with Crippen LogP contribution in [0.2, 0.25) is 5.02 Å². The minimum absolute atomic E-state index is 0.0645. The molecule has 0 aliphatic carbocycles. The second-order valence-electron chi connectivity index (χ2n) is 9.62. The molecule has 212 valence electrons. The average Bonchev–Trinajstić information content (AvgIpc) is 3.36. The van der Waals surface area contributed by atoms with Crippen LogP contribution < -0.4 is 0 Å². The van der Waals surface area contributed by atoms with E-state index in [0.717, 1.165) is 30.5 Å². The monoisotopic (exact) mass is 590 g/mol. The van der Waals surface area contributed by atoms with E-state index >= 15 is 0 Å². The molecule has 3 heterocycles. The van der Waals surface area contributed by atoms with Crippen LogP contribution in [-0.4, -0.2) is 24.6 Å². The molecule has 1 N–H and O–H groups in total. The van der Waals surface area contributed by atoms with Crippen LogP contribution in [0.4, 0.5) is 26.3 Å². The summed E-state index contributed by atoms with van der Waals surface area (Å²) in [5, 5.41) is 12.9. The van der Waals surface area contributed by atoms with Gasteiger partial charge in [-0.25, -0.2) is 4.98 Å². The molecule has 1 atom stereocenters. The van der Waals surface area contributed by atoms with Crippen molar-refractivity contribution in [1.29, 1.82) is 0 Å². The van der Waals surface area contributed by atoms with Crippen LogP contribution in [0.25, 0.3) is 10.9 Å². The first-order chi connectivity index (χ1) is 19.2. The van der Waals surface area contributed by atoms with Gasteiger partial charge in [0.2, 0.25) is 0 Å². The molecule has 12 heteroatoms. The fourth-order valence-electron chi connectivity index (χ4n) is 4.77. The Labute approximate surface area is 235 Å². The van der Waals surface area contributed by atoms with Gasteiger partial charge in [0.1, 0.15) is 5.69 Å². The third kappa shape index (κ3) is 5.27. The molecule has 1 unspecified atom stereocenters. The predicted octanol–water partition coefficient (Wildman–Crippen LogP) is 7.24. The van der Waals surface area contributed by atoms with Gasteiger partial charge in [-0.3, -0.25) is 9.97 Å². The summed E-state index contributed by atoms with van der Waals surface area (Å²) in [5.41, 5.74) is -1.02. The highest BCUT2D eigenvalue weighted by Gasteiger charge is 2.39. The van der Waals surface area contributed by atoms with Gasteiger partial charge in [0.05, 0.1) is 34.3 Å². The van der Waals surface area contributed by atoms with Crippen molar-refractivity contribution in [2.45, 2.75) is 31.3 Å². The van der Waals surface area contributed by atoms with Crippen LogP contribution in [-0.2, 0) is 31.4 Å². The smallest absolute Gasteiger partial charge is 0.374 e. The molecule has 2 aromatic carbocycles. The van der Waals surface area contributed by atoms with E-state index in [1.807, 2.05) is 0 Å². The molecule has 0 radical (unpaired) electrons. The highest BCUT2D eigenvalue weighted by atomic mass is 35.5. The quantitative estimate of drug-likeness (QED) is 0.219. The van der Waals surface area contributed by atoms with Crippen molar-refractivity contribution in [2.24, 2.45) is 7.05 Å². The minimum Gasteiger partial charge on any atom is -0.374 e. The van der Waals surface area contributed by atoms with Crippen molar-refractivity contribution < 1.29 is 31.4 Å². The fraction of sp³-hybridized carbons (Fsp3) is 0.207. The standard InChI is InChI=1S/C29H21ClF6N4O/c1-16-21(11-17-3-5-18(6-4-17)28(31,32)33)26(30)22-12-19(7-9-23(22)39-16)27(41,25-14-37-15-40(25)2)20-8-10-24(38-13-20)29(34,35)36/h3-10,12-15,41H,11H2,1-2H3. The molecular weight excluding hydrogens is 570 g/mol. The molecular formula is C29H21ClF6N4O. The molecule has 0 spiro atoms. The highest BCUT2D eigenvalue weighted by Crippen LogP contribution is 2.40. The lowest BCUT2D eigenvalue weighted by atomic mass is 9.83. The summed E-state index contributed by atoms with van der Waals surface area (Å²) < 4.78 is 80.1. The molecule has 0 fully saturated rings. The Balaban J connectivity index is 1.63. The Morgan fingerprint density at radius 3 is 2.07 bits per heavy atom. The Morgan fingerprint density at radius 2 is 1.51 bits per heavy atom. The maximum atomic E-state index is 13.2. The number of fused-ring (bicyclic) bond motifs is 1. The number of benzene rings is 2. The Bertz CT molecular complexity index is 1730. The maximum absolute atomic E-state index is 13.2. The minimum atomic E-state index is -4.66. The topological polar surface area (TPSA) is 63.8 Å². The van der Waals surface area contributed by atoms with Crippen LogP contribution in [0.3, 0.4) is 0 Å². The van der Waals surface area contributed by atoms with E-state index in [0.29, 0.717) is 27.7 Å². The van der Waals surface area contributed by atoms with Crippen molar-refractivity contribution in [1.82, 2.24) is 19.5 Å². The van der Waals surface area contributed by atoms with E-state index in [2.05, 4.69) is 15.0 Å². The summed E-state index contributed by atoms with van der Waals surface area (Å²) in [6.07, 6.45) is -5.12. The van der Waals surface area contributed by atoms with Crippen LogP contribution in [0.1, 0.15) is 44.9 Å². The third-order valence-corrected chi connectivity index (χ3v) is 7.39. The number of aromatic nitrogens is 4. The first-order valence-electron chi connectivity index (χ1n) is 12.2. The number of hydrogen-bond donors (Lipinski definition) is 1. The molecule has 0 aliphatic heterocycles. The zero-order chi connectivity index (χ0) is 29.7. The number of nitrogens with zero attached hydrogens (tertiary/aromatic N) is 4. The number of halogens is 7. The van der Waals surface area contributed by atoms with Crippen LogP contribution in [0.15, 0.2) is 73.3 Å². The van der Waals surface area contributed by atoms with E-state index in [9.17, 15) is 31.4 Å². The van der Waals surface area contributed by atoms with Gasteiger partial charge in [-0.05, 0) is 53.9 Å². The molecule has 0 bridgehead atoms. The van der Waals surface area contributed by atoms with Gasteiger partial charge in [-0.15, -0.1) is 0 Å². The Kier molecular flexibility index (Phi) is 7.07. The summed E-state index contributed by atoms with van der Waals surface area (Å²) in [7, 11) is 1.63. The lowest BCUT2D eigenvalue weighted by Crippen LogP contribution is -2.31. The van der Waals surface area contributed by atoms with Crippen molar-refractivity contribution in [3.8, 4) is 0 Å². The Morgan fingerprint density at radius 1 is 0.854 bits per heavy atom. The normalized spacial score (nSPS) is 13.9. The summed E-state index contributed by atoms with van der Waals surface area (Å²) in [6, 6.07) is 11.5. The number of aryl methyl sites for hydroxylation is 2. The lowest BCUT2D eigenvalue weighted by molar-refractivity contribution is -0.141. The summed E-state index contributed by atoms with van der Waals surface area (Å²) in [6.45, 7) is 1.73. The number of hydrogen-bond acceptors (Lipinski definition) is 4. The van der Waals surface area contributed by atoms with Gasteiger partial charge in [0.15, 0.2) is 5.60 Å². The number of imidazole rings is 1. The van der Waals surface area contributed by atoms with E-state index in [1.165, 1.54) is 29.2 Å². The van der Waals surface area contributed by atoms with Crippen LogP contribution >= 0.6 is 11.6 Å². The maximum Gasteiger partial charge on any atom is 0.433 e. The molecule has 5 aromatic rings. The van der Waals surface area contributed by atoms with E-state index in [1.54, 1.807) is 32.2 Å². The second kappa shape index (κ2) is 10.1. The lowest BCUT2D eigenvalue weighted by Gasteiger charge is -2.30. The van der Waals surface area contributed by atoms with Gasteiger partial charge in [0, 0.05) is 36.3 Å². The second-order valence-corrected chi connectivity index (χ2v) is 10.0. The molecule has 3 aromatic heterocycles. The largest absolute Gasteiger partial charge is 0.433 e. The number of rotatable bonds is 5. The van der Waals surface area contributed by atoms with Crippen LogP contribution in [0.5, 0.6) is 0 Å². The van der Waals surface area contributed by atoms with Gasteiger partial charge >= 0.3 is 12.4 Å². The number of pyridine rings is 2. The molecule has 5 nitrogen and oxygen atoms in total. The predicted molar refractivity (Wildman–Crippen MR) is 140 cm³/mol. The fourth-order valence-corrected chi connectivity index (χ4v) is 5.12. The first-order valence-corrected chi connectivity index (χ1v) is 12.6. The third-order valence-electron chi connectivity index (χ3n) is 6.96. The van der Waals surface area contributed by atoms with Crippen molar-refractivity contribution in [3.05, 3.63) is 123 Å². The summed E-state index contributed by atoms with van der Waals surface area (Å²) in [4.78, 5) is 12.2. The van der Waals surface area contributed by atoms with E-state index < -0.39 is 29.2 Å². The zero-order valence-corrected chi connectivity index (χ0v) is 22.3. The first kappa shape index (κ1) is 28.6. The molecule has 0 aliphatic rings. The molecule has 41 heavy (non-hydrogen) atoms. The van der Waals surface area contributed by atoms with Gasteiger partial charge in [0.25, 0.3) is 0 Å². The summed E-state index contributed by atoms with van der Waals surface area (Å²) in [5.74, 6) is 0. The number of alkyl halides is 6. The zero-order valence-electron chi connectivity index (χ0n) is 21.5. The van der Waals surface area contributed by atoms with Crippen molar-refractivity contribution >= 4 is 22.5 Å². The molecule has 0 saturated carbocycles. The highest BCUT2D eigenvalue weighted by molar-refractivity contribution is 6.36. The van der Waals surface area contributed by atoms with Crippen molar-refractivity contribution in [2.75, 3.05) is 0 Å². The van der Waals surface area contributed by atoms with Gasteiger partial charge in [-0.2, -0.15) is 26.3 Å². The van der Waals surface area contributed by atoms with E-state index in [4.69, 9.17) is 11.6 Å². The van der Waals surface area contributed by atoms with Crippen molar-refractivity contribution in [3.63, 3.8) is 0 Å². The molecule has 5 rings (SSSR count). The van der Waals surface area contributed by atoms with Gasteiger partial charge in [-0.1, -0.05) is 35.9 Å². The molecule has 0 saturated heterocycles. The van der Waals surface area contributed by atoms with E-state index in [-0.39, 0.29) is 28.3 Å². The van der Waals surface area contributed by atoms with Gasteiger partial charge < -0.3 is 9.67 Å².